The molecule has 0 spiro atoms. The Kier molecular flexibility index (Phi) is 4.17. The van der Waals surface area contributed by atoms with Gasteiger partial charge in [0.1, 0.15) is 0 Å². The summed E-state index contributed by atoms with van der Waals surface area (Å²) in [6.45, 7) is 0.589. The molecule has 1 aromatic carbocycles. The number of hydrogen-bond donors (Lipinski definition) is 1. The standard InChI is InChI=1S/C10H13ClFNO/c1-14-10-8(11)5-7(3-2-4-13)6-9(10)12/h5-6H,2-4,13H2,1H3. The number of aryl methyl sites for hydroxylation is 1. The second-order valence-electron chi connectivity index (χ2n) is 2.98. The van der Waals surface area contributed by atoms with E-state index in [-0.39, 0.29) is 5.75 Å². The molecule has 0 heterocycles. The largest absolute Gasteiger partial charge is 0.492 e. The first-order valence-corrected chi connectivity index (χ1v) is 4.78. The van der Waals surface area contributed by atoms with Crippen LogP contribution in [0.25, 0.3) is 0 Å². The smallest absolute Gasteiger partial charge is 0.173 e. The van der Waals surface area contributed by atoms with Crippen molar-refractivity contribution in [3.8, 4) is 5.75 Å². The van der Waals surface area contributed by atoms with Gasteiger partial charge in [-0.2, -0.15) is 0 Å². The highest BCUT2D eigenvalue weighted by atomic mass is 35.5. The van der Waals surface area contributed by atoms with Crippen molar-refractivity contribution in [3.05, 3.63) is 28.5 Å². The molecule has 2 N–H and O–H groups in total. The van der Waals surface area contributed by atoms with Gasteiger partial charge in [0.15, 0.2) is 11.6 Å². The van der Waals surface area contributed by atoms with Gasteiger partial charge in [0.05, 0.1) is 12.1 Å². The van der Waals surface area contributed by atoms with Crippen molar-refractivity contribution in [1.29, 1.82) is 0 Å². The quantitative estimate of drug-likeness (QED) is 0.841. The van der Waals surface area contributed by atoms with Crippen LogP contribution in [0.2, 0.25) is 5.02 Å². The van der Waals surface area contributed by atoms with Crippen molar-refractivity contribution < 1.29 is 9.13 Å². The zero-order valence-electron chi connectivity index (χ0n) is 8.02. The third-order valence-electron chi connectivity index (χ3n) is 1.93. The molecule has 1 aromatic rings. The fourth-order valence-electron chi connectivity index (χ4n) is 1.26. The van der Waals surface area contributed by atoms with Crippen LogP contribution in [0.3, 0.4) is 0 Å². The number of rotatable bonds is 4. The van der Waals surface area contributed by atoms with E-state index in [1.165, 1.54) is 13.2 Å². The first kappa shape index (κ1) is 11.3. The molecule has 0 saturated heterocycles. The van der Waals surface area contributed by atoms with E-state index in [9.17, 15) is 4.39 Å². The van der Waals surface area contributed by atoms with E-state index in [0.717, 1.165) is 18.4 Å². The van der Waals surface area contributed by atoms with E-state index < -0.39 is 5.82 Å². The minimum Gasteiger partial charge on any atom is -0.492 e. The SMILES string of the molecule is COc1c(F)cc(CCCN)cc1Cl. The molecule has 0 aromatic heterocycles. The van der Waals surface area contributed by atoms with E-state index in [4.69, 9.17) is 22.1 Å². The number of halogens is 2. The molecule has 0 unspecified atom stereocenters. The molecule has 2 nitrogen and oxygen atoms in total. The van der Waals surface area contributed by atoms with Gasteiger partial charge in [0.25, 0.3) is 0 Å². The lowest BCUT2D eigenvalue weighted by Crippen LogP contribution is -2.01. The minimum absolute atomic E-state index is 0.100. The Hall–Kier alpha value is -0.800. The van der Waals surface area contributed by atoms with Gasteiger partial charge >= 0.3 is 0 Å². The summed E-state index contributed by atoms with van der Waals surface area (Å²) >= 11 is 5.82. The lowest BCUT2D eigenvalue weighted by molar-refractivity contribution is 0.386. The van der Waals surface area contributed by atoms with Crippen molar-refractivity contribution in [2.75, 3.05) is 13.7 Å². The molecule has 0 atom stereocenters. The zero-order chi connectivity index (χ0) is 10.6. The lowest BCUT2D eigenvalue weighted by Gasteiger charge is -2.07. The van der Waals surface area contributed by atoms with Gasteiger partial charge in [-0.15, -0.1) is 0 Å². The predicted octanol–water partition coefficient (Wildman–Crippen LogP) is 2.38. The summed E-state index contributed by atoms with van der Waals surface area (Å²) in [7, 11) is 1.39. The van der Waals surface area contributed by atoms with Crippen LogP contribution in [-0.2, 0) is 6.42 Å². The minimum atomic E-state index is -0.424. The Balaban J connectivity index is 2.90. The molecular formula is C10H13ClFNO. The fourth-order valence-corrected chi connectivity index (χ4v) is 1.57. The summed E-state index contributed by atoms with van der Waals surface area (Å²) in [6.07, 6.45) is 1.55. The molecule has 78 valence electrons. The molecule has 0 aliphatic carbocycles. The number of hydrogen-bond acceptors (Lipinski definition) is 2. The summed E-state index contributed by atoms with van der Waals surface area (Å²) < 4.78 is 18.1. The van der Waals surface area contributed by atoms with Gasteiger partial charge in [-0.05, 0) is 37.1 Å². The van der Waals surface area contributed by atoms with Crippen LogP contribution in [0, 0.1) is 5.82 Å². The number of methoxy groups -OCH3 is 1. The van der Waals surface area contributed by atoms with Crippen molar-refractivity contribution >= 4 is 11.6 Å². The molecule has 14 heavy (non-hydrogen) atoms. The van der Waals surface area contributed by atoms with Crippen LogP contribution in [0.5, 0.6) is 5.75 Å². The molecule has 0 fully saturated rings. The summed E-state index contributed by atoms with van der Waals surface area (Å²) in [6, 6.07) is 3.14. The molecule has 0 bridgehead atoms. The summed E-state index contributed by atoms with van der Waals surface area (Å²) in [5, 5.41) is 0.305. The van der Waals surface area contributed by atoms with Crippen LogP contribution in [0.4, 0.5) is 4.39 Å². The van der Waals surface area contributed by atoms with E-state index in [1.807, 2.05) is 0 Å². The fraction of sp³-hybridized carbons (Fsp3) is 0.400. The van der Waals surface area contributed by atoms with Crippen LogP contribution in [-0.4, -0.2) is 13.7 Å². The molecule has 0 amide bonds. The predicted molar refractivity (Wildman–Crippen MR) is 55.3 cm³/mol. The second kappa shape index (κ2) is 5.17. The Labute approximate surface area is 87.8 Å². The van der Waals surface area contributed by atoms with Gasteiger partial charge in [0, 0.05) is 0 Å². The van der Waals surface area contributed by atoms with Crippen molar-refractivity contribution in [3.63, 3.8) is 0 Å². The molecule has 0 aliphatic heterocycles. The number of benzene rings is 1. The molecule has 1 rings (SSSR count). The van der Waals surface area contributed by atoms with E-state index in [0.29, 0.717) is 11.6 Å². The maximum Gasteiger partial charge on any atom is 0.173 e. The Morgan fingerprint density at radius 1 is 1.50 bits per heavy atom. The number of ether oxygens (including phenoxy) is 1. The first-order chi connectivity index (χ1) is 6.69. The molecule has 4 heteroatoms. The summed E-state index contributed by atoms with van der Waals surface area (Å²) in [5.74, 6) is -0.324. The average Bonchev–Trinajstić information content (AvgIpc) is 2.14. The highest BCUT2D eigenvalue weighted by molar-refractivity contribution is 6.32. The van der Waals surface area contributed by atoms with Gasteiger partial charge in [-0.1, -0.05) is 11.6 Å². The Bertz CT molecular complexity index is 294. The Morgan fingerprint density at radius 2 is 2.21 bits per heavy atom. The molecule has 0 aliphatic rings. The molecule has 0 saturated carbocycles. The normalized spacial score (nSPS) is 10.3. The molecule has 0 radical (unpaired) electrons. The van der Waals surface area contributed by atoms with E-state index in [2.05, 4.69) is 0 Å². The van der Waals surface area contributed by atoms with Gasteiger partial charge in [0.2, 0.25) is 0 Å². The van der Waals surface area contributed by atoms with Gasteiger partial charge in [-0.3, -0.25) is 0 Å². The highest BCUT2D eigenvalue weighted by Gasteiger charge is 2.09. The van der Waals surface area contributed by atoms with Crippen molar-refractivity contribution in [2.24, 2.45) is 5.73 Å². The van der Waals surface area contributed by atoms with Crippen LogP contribution < -0.4 is 10.5 Å². The van der Waals surface area contributed by atoms with Crippen LogP contribution in [0.1, 0.15) is 12.0 Å². The third-order valence-corrected chi connectivity index (χ3v) is 2.21. The maximum absolute atomic E-state index is 13.3. The third kappa shape index (κ3) is 2.59. The number of nitrogens with two attached hydrogens (primary N) is 1. The Morgan fingerprint density at radius 3 is 2.71 bits per heavy atom. The zero-order valence-corrected chi connectivity index (χ0v) is 8.77. The van der Waals surface area contributed by atoms with E-state index in [1.54, 1.807) is 6.07 Å². The molecular weight excluding hydrogens is 205 g/mol. The van der Waals surface area contributed by atoms with Crippen molar-refractivity contribution in [1.82, 2.24) is 0 Å². The van der Waals surface area contributed by atoms with Crippen LogP contribution in [0.15, 0.2) is 12.1 Å². The van der Waals surface area contributed by atoms with Gasteiger partial charge in [-0.25, -0.2) is 4.39 Å². The maximum atomic E-state index is 13.3. The first-order valence-electron chi connectivity index (χ1n) is 4.41. The second-order valence-corrected chi connectivity index (χ2v) is 3.39. The van der Waals surface area contributed by atoms with E-state index >= 15 is 0 Å². The van der Waals surface area contributed by atoms with Crippen molar-refractivity contribution in [2.45, 2.75) is 12.8 Å². The monoisotopic (exact) mass is 217 g/mol. The lowest BCUT2D eigenvalue weighted by atomic mass is 10.1. The summed E-state index contributed by atoms with van der Waals surface area (Å²) in [4.78, 5) is 0. The highest BCUT2D eigenvalue weighted by Crippen LogP contribution is 2.29. The van der Waals surface area contributed by atoms with Crippen LogP contribution >= 0.6 is 11.6 Å². The summed E-state index contributed by atoms with van der Waals surface area (Å²) in [5.41, 5.74) is 6.20. The topological polar surface area (TPSA) is 35.2 Å². The average molecular weight is 218 g/mol. The van der Waals surface area contributed by atoms with Gasteiger partial charge < -0.3 is 10.5 Å².